The van der Waals surface area contributed by atoms with Crippen molar-refractivity contribution in [3.05, 3.63) is 42.5 Å². The molecule has 0 radical (unpaired) electrons. The van der Waals surface area contributed by atoms with Crippen LogP contribution in [0.25, 0.3) is 0 Å². The summed E-state index contributed by atoms with van der Waals surface area (Å²) in [6, 6.07) is 5.72. The maximum absolute atomic E-state index is 12.3. The van der Waals surface area contributed by atoms with Crippen LogP contribution in [-0.4, -0.2) is 57.1 Å². The maximum Gasteiger partial charge on any atom is 0.410 e. The number of likely N-dealkylation sites (N-methyl/N-ethyl adjacent to an activating group) is 1. The highest BCUT2D eigenvalue weighted by Crippen LogP contribution is 2.12. The Labute approximate surface area is 167 Å². The molecule has 2 N–H and O–H groups in total. The highest BCUT2D eigenvalue weighted by atomic mass is 32.2. The first-order chi connectivity index (χ1) is 13.0. The zero-order chi connectivity index (χ0) is 21.4. The zero-order valence-corrected chi connectivity index (χ0v) is 17.6. The average Bonchev–Trinajstić information content (AvgIpc) is 2.62. The number of nitrogens with one attached hydrogen (secondary N) is 2. The fourth-order valence-corrected chi connectivity index (χ4v) is 3.21. The average molecular weight is 412 g/mol. The van der Waals surface area contributed by atoms with Gasteiger partial charge >= 0.3 is 6.09 Å². The Hall–Kier alpha value is -2.39. The lowest BCUT2D eigenvalue weighted by Gasteiger charge is -2.26. The molecule has 0 aliphatic heterocycles. The first-order valence-electron chi connectivity index (χ1n) is 8.97. The summed E-state index contributed by atoms with van der Waals surface area (Å²) in [4.78, 5) is 25.9. The first kappa shape index (κ1) is 23.6. The van der Waals surface area contributed by atoms with E-state index in [4.69, 9.17) is 4.74 Å². The van der Waals surface area contributed by atoms with E-state index in [0.29, 0.717) is 6.54 Å². The van der Waals surface area contributed by atoms with Gasteiger partial charge < -0.3 is 15.0 Å². The number of ether oxygens (including phenoxy) is 1. The topological polar surface area (TPSA) is 105 Å². The van der Waals surface area contributed by atoms with E-state index < -0.39 is 27.6 Å². The Balaban J connectivity index is 2.70. The minimum absolute atomic E-state index is 0.00839. The molecular formula is C19H29N3O5S. The second-order valence-corrected chi connectivity index (χ2v) is 8.75. The SMILES string of the molecule is C=CCNS(=O)(=O)c1cccc(C(=O)NCCN(CC)C(=O)OC(C)(C)C)c1. The van der Waals surface area contributed by atoms with Gasteiger partial charge in [-0.2, -0.15) is 0 Å². The summed E-state index contributed by atoms with van der Waals surface area (Å²) < 4.78 is 32.0. The van der Waals surface area contributed by atoms with Gasteiger partial charge in [0.25, 0.3) is 5.91 Å². The lowest BCUT2D eigenvalue weighted by molar-refractivity contribution is 0.0260. The van der Waals surface area contributed by atoms with Crippen LogP contribution in [0.4, 0.5) is 4.79 Å². The summed E-state index contributed by atoms with van der Waals surface area (Å²) in [6.07, 6.45) is 0.976. The molecule has 0 atom stereocenters. The summed E-state index contributed by atoms with van der Waals surface area (Å²) in [5.41, 5.74) is -0.388. The van der Waals surface area contributed by atoms with Gasteiger partial charge in [-0.1, -0.05) is 12.1 Å². The van der Waals surface area contributed by atoms with Crippen molar-refractivity contribution in [1.82, 2.24) is 14.9 Å². The number of sulfonamides is 1. The normalized spacial score (nSPS) is 11.6. The molecule has 0 saturated carbocycles. The Bertz CT molecular complexity index is 800. The molecule has 9 heteroatoms. The van der Waals surface area contributed by atoms with Gasteiger partial charge in [0.15, 0.2) is 0 Å². The quantitative estimate of drug-likeness (QED) is 0.606. The van der Waals surface area contributed by atoms with E-state index >= 15 is 0 Å². The van der Waals surface area contributed by atoms with E-state index in [1.165, 1.54) is 35.2 Å². The molecule has 0 aliphatic rings. The summed E-state index contributed by atoms with van der Waals surface area (Å²) in [5.74, 6) is -0.430. The molecule has 1 aromatic carbocycles. The van der Waals surface area contributed by atoms with Gasteiger partial charge in [0.2, 0.25) is 10.0 Å². The van der Waals surface area contributed by atoms with Crippen molar-refractivity contribution in [2.45, 2.75) is 38.2 Å². The number of carbonyl (C=O) groups excluding carboxylic acids is 2. The molecule has 1 rings (SSSR count). The number of nitrogens with zero attached hydrogens (tertiary/aromatic N) is 1. The molecule has 1 aromatic rings. The Morgan fingerprint density at radius 3 is 2.54 bits per heavy atom. The third-order valence-electron chi connectivity index (χ3n) is 3.52. The summed E-state index contributed by atoms with van der Waals surface area (Å²) in [7, 11) is -3.72. The van der Waals surface area contributed by atoms with Crippen molar-refractivity contribution >= 4 is 22.0 Å². The fourth-order valence-electron chi connectivity index (χ4n) is 2.17. The molecule has 0 aromatic heterocycles. The molecule has 0 heterocycles. The third-order valence-corrected chi connectivity index (χ3v) is 4.95. The molecule has 0 bridgehead atoms. The molecule has 0 unspecified atom stereocenters. The van der Waals surface area contributed by atoms with Crippen molar-refractivity contribution in [2.75, 3.05) is 26.2 Å². The number of rotatable bonds is 9. The molecule has 2 amide bonds. The predicted molar refractivity (Wildman–Crippen MR) is 108 cm³/mol. The van der Waals surface area contributed by atoms with Crippen molar-refractivity contribution < 1.29 is 22.7 Å². The van der Waals surface area contributed by atoms with Gasteiger partial charge in [0, 0.05) is 31.7 Å². The second kappa shape index (κ2) is 10.2. The van der Waals surface area contributed by atoms with Crippen LogP contribution in [0.3, 0.4) is 0 Å². The molecule has 0 aliphatic carbocycles. The van der Waals surface area contributed by atoms with E-state index in [2.05, 4.69) is 16.6 Å². The van der Waals surface area contributed by atoms with Crippen LogP contribution in [0.1, 0.15) is 38.1 Å². The van der Waals surface area contributed by atoms with E-state index in [-0.39, 0.29) is 30.1 Å². The highest BCUT2D eigenvalue weighted by molar-refractivity contribution is 7.89. The molecule has 8 nitrogen and oxygen atoms in total. The van der Waals surface area contributed by atoms with E-state index in [0.717, 1.165) is 0 Å². The summed E-state index contributed by atoms with van der Waals surface area (Å²) in [6.45, 7) is 11.6. The highest BCUT2D eigenvalue weighted by Gasteiger charge is 2.21. The van der Waals surface area contributed by atoms with Crippen LogP contribution in [0.5, 0.6) is 0 Å². The lowest BCUT2D eigenvalue weighted by atomic mass is 10.2. The van der Waals surface area contributed by atoms with Crippen molar-refractivity contribution in [1.29, 1.82) is 0 Å². The summed E-state index contributed by atoms with van der Waals surface area (Å²) in [5, 5.41) is 2.68. The Kier molecular flexibility index (Phi) is 8.64. The predicted octanol–water partition coefficient (Wildman–Crippen LogP) is 2.14. The molecular weight excluding hydrogens is 382 g/mol. The van der Waals surface area contributed by atoms with Gasteiger partial charge in [-0.25, -0.2) is 17.9 Å². The largest absolute Gasteiger partial charge is 0.444 e. The monoisotopic (exact) mass is 411 g/mol. The van der Waals surface area contributed by atoms with Crippen LogP contribution >= 0.6 is 0 Å². The fraction of sp³-hybridized carbons (Fsp3) is 0.474. The number of amides is 2. The van der Waals surface area contributed by atoms with Crippen LogP contribution in [0.2, 0.25) is 0 Å². The van der Waals surface area contributed by atoms with Gasteiger partial charge in [-0.05, 0) is 45.9 Å². The van der Waals surface area contributed by atoms with E-state index in [1.807, 2.05) is 6.92 Å². The van der Waals surface area contributed by atoms with Gasteiger partial charge in [0.05, 0.1) is 4.90 Å². The molecule has 0 fully saturated rings. The van der Waals surface area contributed by atoms with Crippen LogP contribution in [0.15, 0.2) is 41.8 Å². The number of hydrogen-bond acceptors (Lipinski definition) is 5. The number of hydrogen-bond donors (Lipinski definition) is 2. The minimum atomic E-state index is -3.72. The molecule has 0 saturated heterocycles. The van der Waals surface area contributed by atoms with Gasteiger partial charge in [-0.15, -0.1) is 6.58 Å². The van der Waals surface area contributed by atoms with Crippen molar-refractivity contribution in [2.24, 2.45) is 0 Å². The number of benzene rings is 1. The van der Waals surface area contributed by atoms with Crippen LogP contribution < -0.4 is 10.0 Å². The van der Waals surface area contributed by atoms with Crippen molar-refractivity contribution in [3.8, 4) is 0 Å². The third kappa shape index (κ3) is 7.69. The second-order valence-electron chi connectivity index (χ2n) is 6.98. The zero-order valence-electron chi connectivity index (χ0n) is 16.8. The Morgan fingerprint density at radius 2 is 1.96 bits per heavy atom. The maximum atomic E-state index is 12.3. The Morgan fingerprint density at radius 1 is 1.29 bits per heavy atom. The summed E-state index contributed by atoms with van der Waals surface area (Å²) >= 11 is 0. The molecule has 156 valence electrons. The smallest absolute Gasteiger partial charge is 0.410 e. The minimum Gasteiger partial charge on any atom is -0.444 e. The van der Waals surface area contributed by atoms with Crippen LogP contribution in [0, 0.1) is 0 Å². The standard InChI is InChI=1S/C19H29N3O5S/c1-6-11-21-28(25,26)16-10-8-9-15(14-16)17(23)20-12-13-22(7-2)18(24)27-19(3,4)5/h6,8-10,14,21H,1,7,11-13H2,2-5H3,(H,20,23). The van der Waals surface area contributed by atoms with E-state index in [1.54, 1.807) is 20.8 Å². The first-order valence-corrected chi connectivity index (χ1v) is 10.4. The number of carbonyl (C=O) groups is 2. The molecule has 28 heavy (non-hydrogen) atoms. The van der Waals surface area contributed by atoms with Crippen molar-refractivity contribution in [3.63, 3.8) is 0 Å². The van der Waals surface area contributed by atoms with E-state index in [9.17, 15) is 18.0 Å². The van der Waals surface area contributed by atoms with Gasteiger partial charge in [0.1, 0.15) is 5.60 Å². The lowest BCUT2D eigenvalue weighted by Crippen LogP contribution is -2.41. The van der Waals surface area contributed by atoms with Crippen LogP contribution in [-0.2, 0) is 14.8 Å². The van der Waals surface area contributed by atoms with Gasteiger partial charge in [-0.3, -0.25) is 4.79 Å². The molecule has 0 spiro atoms.